The van der Waals surface area contributed by atoms with Crippen LogP contribution in [0.1, 0.15) is 188 Å². The third-order valence-electron chi connectivity index (χ3n) is 9.40. The fraction of sp³-hybridized carbons (Fsp3) is 0.604. The van der Waals surface area contributed by atoms with Crippen LogP contribution in [-0.2, 0) is 28.6 Å². The number of rotatable bonds is 40. The van der Waals surface area contributed by atoms with Crippen LogP contribution in [-0.4, -0.2) is 37.2 Å². The van der Waals surface area contributed by atoms with Crippen molar-refractivity contribution in [2.75, 3.05) is 13.2 Å². The molecule has 0 aromatic heterocycles. The Bertz CT molecular complexity index is 1260. The normalized spacial score (nSPS) is 13.1. The van der Waals surface area contributed by atoms with E-state index >= 15 is 0 Å². The Labute approximate surface area is 361 Å². The van der Waals surface area contributed by atoms with Crippen molar-refractivity contribution >= 4 is 17.9 Å². The SMILES string of the molecule is CC\C=C/C=C\C=C/C=C\C=C\C=C/CCCCCC(=O)OCC(COC(=O)CCCCCCC/C=C\CCCCC)OC(=O)CCCCCCC/C=C\C/C=C\CC. The summed E-state index contributed by atoms with van der Waals surface area (Å²) in [6, 6.07) is 0. The van der Waals surface area contributed by atoms with E-state index in [1.54, 1.807) is 0 Å². The minimum absolute atomic E-state index is 0.105. The average Bonchev–Trinajstić information content (AvgIpc) is 3.23. The molecule has 0 rings (SSSR count). The Hall–Kier alpha value is -3.93. The van der Waals surface area contributed by atoms with Crippen molar-refractivity contribution in [3.63, 3.8) is 0 Å². The third kappa shape index (κ3) is 45.0. The summed E-state index contributed by atoms with van der Waals surface area (Å²) < 4.78 is 16.7. The lowest BCUT2D eigenvalue weighted by molar-refractivity contribution is -0.167. The first-order chi connectivity index (χ1) is 29.0. The van der Waals surface area contributed by atoms with Gasteiger partial charge in [0.15, 0.2) is 6.10 Å². The Balaban J connectivity index is 4.52. The van der Waals surface area contributed by atoms with E-state index in [1.807, 2.05) is 60.8 Å². The quantitative estimate of drug-likeness (QED) is 0.0201. The lowest BCUT2D eigenvalue weighted by atomic mass is 10.1. The largest absolute Gasteiger partial charge is 0.462 e. The maximum absolute atomic E-state index is 12.7. The first kappa shape index (κ1) is 55.1. The Morgan fingerprint density at radius 2 is 0.746 bits per heavy atom. The molecule has 0 saturated heterocycles. The third-order valence-corrected chi connectivity index (χ3v) is 9.40. The van der Waals surface area contributed by atoms with Crippen LogP contribution in [0, 0.1) is 0 Å². The van der Waals surface area contributed by atoms with Gasteiger partial charge in [-0.15, -0.1) is 0 Å². The van der Waals surface area contributed by atoms with Gasteiger partial charge in [0.05, 0.1) is 0 Å². The van der Waals surface area contributed by atoms with Gasteiger partial charge in [-0.25, -0.2) is 0 Å². The molecule has 6 nitrogen and oxygen atoms in total. The summed E-state index contributed by atoms with van der Waals surface area (Å²) in [6.45, 7) is 6.27. The lowest BCUT2D eigenvalue weighted by Crippen LogP contribution is -2.30. The second-order valence-electron chi connectivity index (χ2n) is 15.0. The number of carbonyl (C=O) groups is 3. The zero-order chi connectivity index (χ0) is 43.0. The molecule has 59 heavy (non-hydrogen) atoms. The van der Waals surface area contributed by atoms with Gasteiger partial charge in [0.1, 0.15) is 13.2 Å². The zero-order valence-electron chi connectivity index (χ0n) is 37.7. The lowest BCUT2D eigenvalue weighted by Gasteiger charge is -2.18. The predicted molar refractivity (Wildman–Crippen MR) is 251 cm³/mol. The summed E-state index contributed by atoms with van der Waals surface area (Å²) in [4.78, 5) is 37.8. The molecule has 0 heterocycles. The van der Waals surface area contributed by atoms with E-state index in [2.05, 4.69) is 69.4 Å². The number of hydrogen-bond donors (Lipinski definition) is 0. The van der Waals surface area contributed by atoms with Gasteiger partial charge in [0.2, 0.25) is 0 Å². The Kier molecular flexibility index (Phi) is 43.6. The zero-order valence-corrected chi connectivity index (χ0v) is 37.7. The standard InChI is InChI=1S/C53H84O6/c1-4-7-10-13-16-19-22-25-26-27-28-29-32-34-37-40-43-46-52(55)58-49-50(59-53(56)47-44-41-38-35-31-24-21-18-15-12-9-6-3)48-57-51(54)45-42-39-36-33-30-23-20-17-14-11-8-5-2/h7,9-10,12-13,16-22,25-29,32,50H,4-6,8,11,14-15,23-24,30-31,33-49H2,1-3H3/b10-7-,12-9-,16-13-,20-17-,21-18-,22-19-,26-25-,28-27+,32-29-. The molecule has 1 atom stereocenters. The highest BCUT2D eigenvalue weighted by Gasteiger charge is 2.19. The molecule has 0 aromatic carbocycles. The predicted octanol–water partition coefficient (Wildman–Crippen LogP) is 15.2. The number of carbonyl (C=O) groups excluding carboxylic acids is 3. The summed E-state index contributed by atoms with van der Waals surface area (Å²) in [7, 11) is 0. The van der Waals surface area contributed by atoms with Gasteiger partial charge in [-0.2, -0.15) is 0 Å². The number of esters is 3. The molecule has 0 N–H and O–H groups in total. The van der Waals surface area contributed by atoms with E-state index in [9.17, 15) is 14.4 Å². The highest BCUT2D eigenvalue weighted by atomic mass is 16.6. The summed E-state index contributed by atoms with van der Waals surface area (Å²) in [5.74, 6) is -0.985. The number of allylic oxidation sites excluding steroid dienone is 18. The molecule has 6 heteroatoms. The fourth-order valence-electron chi connectivity index (χ4n) is 5.92. The smallest absolute Gasteiger partial charge is 0.306 e. The molecule has 0 bridgehead atoms. The van der Waals surface area contributed by atoms with E-state index in [-0.39, 0.29) is 31.1 Å². The van der Waals surface area contributed by atoms with Crippen LogP contribution in [0.2, 0.25) is 0 Å². The van der Waals surface area contributed by atoms with Crippen LogP contribution in [0.5, 0.6) is 0 Å². The molecule has 0 radical (unpaired) electrons. The Morgan fingerprint density at radius 1 is 0.373 bits per heavy atom. The van der Waals surface area contributed by atoms with Gasteiger partial charge in [-0.05, 0) is 89.9 Å². The molecule has 332 valence electrons. The number of hydrogen-bond acceptors (Lipinski definition) is 6. The van der Waals surface area contributed by atoms with E-state index in [0.717, 1.165) is 116 Å². The fourth-order valence-corrected chi connectivity index (χ4v) is 5.92. The van der Waals surface area contributed by atoms with Crippen LogP contribution in [0.15, 0.2) is 109 Å². The molecule has 0 aliphatic heterocycles. The van der Waals surface area contributed by atoms with Crippen molar-refractivity contribution in [1.29, 1.82) is 0 Å². The molecule has 0 amide bonds. The molecule has 0 aromatic rings. The van der Waals surface area contributed by atoms with Crippen molar-refractivity contribution in [1.82, 2.24) is 0 Å². The van der Waals surface area contributed by atoms with Crippen molar-refractivity contribution < 1.29 is 28.6 Å². The number of unbranched alkanes of at least 4 members (excludes halogenated alkanes) is 16. The van der Waals surface area contributed by atoms with Crippen molar-refractivity contribution in [3.8, 4) is 0 Å². The van der Waals surface area contributed by atoms with Crippen molar-refractivity contribution in [2.45, 2.75) is 194 Å². The van der Waals surface area contributed by atoms with Gasteiger partial charge in [0.25, 0.3) is 0 Å². The van der Waals surface area contributed by atoms with Gasteiger partial charge >= 0.3 is 17.9 Å². The molecule has 0 aliphatic rings. The Morgan fingerprint density at radius 3 is 1.25 bits per heavy atom. The second kappa shape index (κ2) is 46.8. The summed E-state index contributed by atoms with van der Waals surface area (Å²) in [6.07, 6.45) is 62.1. The molecule has 0 aliphatic carbocycles. The molecular formula is C53H84O6. The molecular weight excluding hydrogens is 733 g/mol. The van der Waals surface area contributed by atoms with Crippen molar-refractivity contribution in [3.05, 3.63) is 109 Å². The second-order valence-corrected chi connectivity index (χ2v) is 15.0. The van der Waals surface area contributed by atoms with Gasteiger partial charge in [-0.1, -0.05) is 188 Å². The first-order valence-electron chi connectivity index (χ1n) is 23.5. The van der Waals surface area contributed by atoms with E-state index in [0.29, 0.717) is 19.3 Å². The van der Waals surface area contributed by atoms with Crippen LogP contribution >= 0.6 is 0 Å². The van der Waals surface area contributed by atoms with Gasteiger partial charge in [-0.3, -0.25) is 14.4 Å². The van der Waals surface area contributed by atoms with Gasteiger partial charge < -0.3 is 14.2 Å². The highest BCUT2D eigenvalue weighted by Crippen LogP contribution is 2.12. The molecule has 0 spiro atoms. The van der Waals surface area contributed by atoms with Crippen LogP contribution in [0.3, 0.4) is 0 Å². The topological polar surface area (TPSA) is 78.9 Å². The van der Waals surface area contributed by atoms with E-state index < -0.39 is 6.10 Å². The van der Waals surface area contributed by atoms with Crippen LogP contribution < -0.4 is 0 Å². The maximum Gasteiger partial charge on any atom is 0.306 e. The summed E-state index contributed by atoms with van der Waals surface area (Å²) in [5.41, 5.74) is 0. The van der Waals surface area contributed by atoms with Gasteiger partial charge in [0, 0.05) is 19.3 Å². The van der Waals surface area contributed by atoms with E-state index in [4.69, 9.17) is 14.2 Å². The van der Waals surface area contributed by atoms with Crippen molar-refractivity contribution in [2.24, 2.45) is 0 Å². The molecule has 1 unspecified atom stereocenters. The van der Waals surface area contributed by atoms with E-state index in [1.165, 1.54) is 32.1 Å². The van der Waals surface area contributed by atoms with Crippen LogP contribution in [0.25, 0.3) is 0 Å². The molecule has 0 fully saturated rings. The summed E-state index contributed by atoms with van der Waals surface area (Å²) in [5, 5.41) is 0. The van der Waals surface area contributed by atoms with Crippen LogP contribution in [0.4, 0.5) is 0 Å². The summed E-state index contributed by atoms with van der Waals surface area (Å²) >= 11 is 0. The minimum atomic E-state index is -0.807. The molecule has 0 saturated carbocycles. The monoisotopic (exact) mass is 817 g/mol. The highest BCUT2D eigenvalue weighted by molar-refractivity contribution is 5.71. The minimum Gasteiger partial charge on any atom is -0.462 e. The average molecular weight is 817 g/mol. The maximum atomic E-state index is 12.7. The number of ether oxygens (including phenoxy) is 3. The first-order valence-corrected chi connectivity index (χ1v) is 23.5.